The maximum atomic E-state index is 3.64. The average molecular weight is 423 g/mol. The van der Waals surface area contributed by atoms with Gasteiger partial charge in [-0.15, -0.1) is 45.3 Å². The highest BCUT2D eigenvalue weighted by Gasteiger charge is 2.42. The van der Waals surface area contributed by atoms with Crippen molar-refractivity contribution in [2.75, 3.05) is 0 Å². The van der Waals surface area contributed by atoms with E-state index in [9.17, 15) is 0 Å². The van der Waals surface area contributed by atoms with Crippen molar-refractivity contribution in [1.29, 1.82) is 0 Å². The van der Waals surface area contributed by atoms with Crippen molar-refractivity contribution in [2.45, 2.75) is 5.41 Å². The zero-order valence-corrected chi connectivity index (χ0v) is 16.2. The Bertz CT molecular complexity index is 754. The minimum absolute atomic E-state index is 0.173. The molecular weight excluding hydrogens is 412 g/mol. The Balaban J connectivity index is 2.09. The molecule has 0 aliphatic carbocycles. The zero-order valence-electron chi connectivity index (χ0n) is 11.4. The van der Waals surface area contributed by atoms with Gasteiger partial charge in [0.2, 0.25) is 0 Å². The highest BCUT2D eigenvalue weighted by Crippen LogP contribution is 2.52. The molecule has 0 aromatic carbocycles. The predicted octanol–water partition coefficient (Wildman–Crippen LogP) is 7.08. The number of hydrogen-bond acceptors (Lipinski definition) is 4. The van der Waals surface area contributed by atoms with Crippen LogP contribution in [0.4, 0.5) is 0 Å². The van der Waals surface area contributed by atoms with E-state index < -0.39 is 0 Å². The van der Waals surface area contributed by atoms with E-state index in [4.69, 9.17) is 0 Å². The van der Waals surface area contributed by atoms with Crippen molar-refractivity contribution in [3.63, 3.8) is 0 Å². The van der Waals surface area contributed by atoms with E-state index in [1.165, 1.54) is 23.3 Å². The number of thiophene rings is 4. The molecule has 0 saturated heterocycles. The summed E-state index contributed by atoms with van der Waals surface area (Å²) in [5.41, 5.74) is -0.173. The van der Waals surface area contributed by atoms with E-state index in [1.54, 1.807) is 0 Å². The van der Waals surface area contributed by atoms with Crippen LogP contribution >= 0.6 is 61.3 Å². The summed E-state index contributed by atoms with van der Waals surface area (Å²) in [6.07, 6.45) is 0. The van der Waals surface area contributed by atoms with Crippen LogP contribution in [0.2, 0.25) is 0 Å². The van der Waals surface area contributed by atoms with E-state index in [1.807, 2.05) is 45.3 Å². The lowest BCUT2D eigenvalue weighted by molar-refractivity contribution is 0.823. The molecule has 0 amide bonds. The summed E-state index contributed by atoms with van der Waals surface area (Å²) in [6, 6.07) is 17.7. The van der Waals surface area contributed by atoms with Crippen molar-refractivity contribution in [2.24, 2.45) is 0 Å². The summed E-state index contributed by atoms with van der Waals surface area (Å²) >= 11 is 11.0. The molecular formula is C17H11BrS4. The van der Waals surface area contributed by atoms with Gasteiger partial charge >= 0.3 is 0 Å². The lowest BCUT2D eigenvalue weighted by atomic mass is 9.81. The van der Waals surface area contributed by atoms with E-state index in [-0.39, 0.29) is 5.41 Å². The molecule has 0 atom stereocenters. The third-order valence-corrected chi connectivity index (χ3v) is 8.33. The molecule has 0 nitrogen and oxygen atoms in total. The average Bonchev–Trinajstić information content (AvgIpc) is 3.31. The van der Waals surface area contributed by atoms with Gasteiger partial charge in [-0.2, -0.15) is 0 Å². The first-order valence-corrected chi connectivity index (χ1v) is 10.9. The molecule has 22 heavy (non-hydrogen) atoms. The van der Waals surface area contributed by atoms with Crippen molar-refractivity contribution in [1.82, 2.24) is 0 Å². The second kappa shape index (κ2) is 6.06. The van der Waals surface area contributed by atoms with Gasteiger partial charge in [0.25, 0.3) is 0 Å². The molecule has 4 heterocycles. The van der Waals surface area contributed by atoms with Gasteiger partial charge in [0.05, 0.1) is 3.79 Å². The smallest absolute Gasteiger partial charge is 0.107 e. The van der Waals surface area contributed by atoms with Crippen LogP contribution in [-0.2, 0) is 5.41 Å². The molecule has 0 saturated carbocycles. The van der Waals surface area contributed by atoms with Crippen LogP contribution in [0.1, 0.15) is 19.5 Å². The maximum absolute atomic E-state index is 3.64. The fourth-order valence-corrected chi connectivity index (χ4v) is 7.63. The van der Waals surface area contributed by atoms with Crippen molar-refractivity contribution >= 4 is 61.3 Å². The Morgan fingerprint density at radius 1 is 0.636 bits per heavy atom. The Labute approximate surface area is 153 Å². The zero-order chi connectivity index (χ0) is 15.0. The topological polar surface area (TPSA) is 0 Å². The minimum Gasteiger partial charge on any atom is -0.147 e. The molecule has 0 aliphatic heterocycles. The fraction of sp³-hybridized carbons (Fsp3) is 0.0588. The Kier molecular flexibility index (Phi) is 4.09. The molecule has 4 aromatic rings. The summed E-state index contributed by atoms with van der Waals surface area (Å²) in [5.74, 6) is 0. The summed E-state index contributed by atoms with van der Waals surface area (Å²) in [7, 11) is 0. The molecule has 4 rings (SSSR count). The predicted molar refractivity (Wildman–Crippen MR) is 104 cm³/mol. The van der Waals surface area contributed by atoms with Gasteiger partial charge < -0.3 is 0 Å². The third-order valence-electron chi connectivity index (χ3n) is 3.62. The second-order valence-corrected chi connectivity index (χ2v) is 10.1. The molecule has 0 radical (unpaired) electrons. The van der Waals surface area contributed by atoms with Gasteiger partial charge in [0, 0.05) is 19.5 Å². The number of hydrogen-bond donors (Lipinski definition) is 0. The molecule has 0 fully saturated rings. The number of halogens is 1. The SMILES string of the molecule is Brc1ccc(C(c2cccs2)(c2cccs2)c2cccs2)s1. The third kappa shape index (κ3) is 2.27. The van der Waals surface area contributed by atoms with E-state index in [2.05, 4.69) is 80.6 Å². The van der Waals surface area contributed by atoms with Crippen molar-refractivity contribution in [3.05, 3.63) is 88.0 Å². The molecule has 5 heteroatoms. The molecule has 0 aliphatic rings. The lowest BCUT2D eigenvalue weighted by Crippen LogP contribution is -2.26. The minimum atomic E-state index is -0.173. The van der Waals surface area contributed by atoms with Crippen LogP contribution in [0.25, 0.3) is 0 Å². The van der Waals surface area contributed by atoms with E-state index in [0.29, 0.717) is 0 Å². The lowest BCUT2D eigenvalue weighted by Gasteiger charge is -2.30. The summed E-state index contributed by atoms with van der Waals surface area (Å²) in [4.78, 5) is 5.51. The highest BCUT2D eigenvalue weighted by molar-refractivity contribution is 9.11. The van der Waals surface area contributed by atoms with Crippen molar-refractivity contribution < 1.29 is 0 Å². The maximum Gasteiger partial charge on any atom is 0.107 e. The van der Waals surface area contributed by atoms with E-state index >= 15 is 0 Å². The standard InChI is InChI=1S/C17H11BrS4/c18-16-8-7-15(22-16)17(12-4-1-9-19-12,13-5-2-10-20-13)14-6-3-11-21-14/h1-11H. The highest BCUT2D eigenvalue weighted by atomic mass is 79.9. The summed E-state index contributed by atoms with van der Waals surface area (Å²) < 4.78 is 1.18. The Hall–Kier alpha value is -0.720. The molecule has 0 unspecified atom stereocenters. The second-order valence-electron chi connectivity index (χ2n) is 4.79. The summed E-state index contributed by atoms with van der Waals surface area (Å²) in [6.45, 7) is 0. The van der Waals surface area contributed by atoms with Crippen LogP contribution in [0.3, 0.4) is 0 Å². The molecule has 110 valence electrons. The first-order chi connectivity index (χ1) is 10.8. The van der Waals surface area contributed by atoms with Gasteiger partial charge in [-0.25, -0.2) is 0 Å². The largest absolute Gasteiger partial charge is 0.147 e. The summed E-state index contributed by atoms with van der Waals surface area (Å²) in [5, 5.41) is 6.52. The molecule has 0 bridgehead atoms. The van der Waals surface area contributed by atoms with Crippen LogP contribution in [-0.4, -0.2) is 0 Å². The first kappa shape index (κ1) is 14.8. The first-order valence-electron chi connectivity index (χ1n) is 6.69. The van der Waals surface area contributed by atoms with Gasteiger partial charge in [-0.3, -0.25) is 0 Å². The van der Waals surface area contributed by atoms with E-state index in [0.717, 1.165) is 0 Å². The Morgan fingerprint density at radius 2 is 1.14 bits per heavy atom. The van der Waals surface area contributed by atoms with Crippen LogP contribution < -0.4 is 0 Å². The fourth-order valence-electron chi connectivity index (χ4n) is 2.72. The van der Waals surface area contributed by atoms with Gasteiger partial charge in [-0.05, 0) is 62.4 Å². The van der Waals surface area contributed by atoms with Crippen LogP contribution in [0.5, 0.6) is 0 Å². The van der Waals surface area contributed by atoms with Crippen LogP contribution in [0.15, 0.2) is 68.5 Å². The Morgan fingerprint density at radius 3 is 1.45 bits per heavy atom. The molecule has 0 N–H and O–H groups in total. The van der Waals surface area contributed by atoms with Crippen LogP contribution in [0, 0.1) is 0 Å². The quantitative estimate of drug-likeness (QED) is 0.329. The molecule has 0 spiro atoms. The van der Waals surface area contributed by atoms with Gasteiger partial charge in [0.1, 0.15) is 5.41 Å². The van der Waals surface area contributed by atoms with Gasteiger partial charge in [0.15, 0.2) is 0 Å². The van der Waals surface area contributed by atoms with Gasteiger partial charge in [-0.1, -0.05) is 18.2 Å². The normalized spacial score (nSPS) is 11.9. The monoisotopic (exact) mass is 422 g/mol. The van der Waals surface area contributed by atoms with Crippen molar-refractivity contribution in [3.8, 4) is 0 Å². The molecule has 4 aromatic heterocycles. The number of rotatable bonds is 4.